The number of amides is 1. The number of benzene rings is 2. The van der Waals surface area contributed by atoms with Gasteiger partial charge in [-0.05, 0) is 61.4 Å². The largest absolute Gasteiger partial charge is 0.355 e. The Morgan fingerprint density at radius 1 is 0.963 bits per heavy atom. The molecule has 0 unspecified atom stereocenters. The van der Waals surface area contributed by atoms with Gasteiger partial charge in [-0.15, -0.1) is 0 Å². The van der Waals surface area contributed by atoms with Gasteiger partial charge in [-0.1, -0.05) is 25.1 Å². The van der Waals surface area contributed by atoms with Crippen LogP contribution >= 0.6 is 0 Å². The molecule has 1 heterocycles. The molecule has 1 aromatic heterocycles. The molecular formula is C22H21N3O2. The summed E-state index contributed by atoms with van der Waals surface area (Å²) in [6.45, 7) is 3.58. The van der Waals surface area contributed by atoms with Crippen molar-refractivity contribution >= 4 is 28.8 Å². The van der Waals surface area contributed by atoms with Crippen molar-refractivity contribution in [1.29, 1.82) is 0 Å². The molecule has 0 aliphatic carbocycles. The van der Waals surface area contributed by atoms with Gasteiger partial charge >= 0.3 is 0 Å². The summed E-state index contributed by atoms with van der Waals surface area (Å²) in [6.07, 6.45) is 2.43. The van der Waals surface area contributed by atoms with Gasteiger partial charge in [0.2, 0.25) is 0 Å². The van der Waals surface area contributed by atoms with Crippen LogP contribution in [0.5, 0.6) is 0 Å². The number of ketones is 1. The lowest BCUT2D eigenvalue weighted by molar-refractivity contribution is 0.101. The summed E-state index contributed by atoms with van der Waals surface area (Å²) in [4.78, 5) is 28.1. The number of Topliss-reactive ketones (excluding diaryl/α,β-unsaturated/α-hetero) is 1. The lowest BCUT2D eigenvalue weighted by Crippen LogP contribution is -2.15. The second-order valence-corrected chi connectivity index (χ2v) is 6.15. The van der Waals surface area contributed by atoms with Crippen LogP contribution in [0, 0.1) is 0 Å². The van der Waals surface area contributed by atoms with Crippen LogP contribution in [-0.2, 0) is 6.42 Å². The number of hydrogen-bond acceptors (Lipinski definition) is 4. The molecule has 5 heteroatoms. The van der Waals surface area contributed by atoms with E-state index in [0.717, 1.165) is 29.0 Å². The van der Waals surface area contributed by atoms with Gasteiger partial charge in [-0.2, -0.15) is 0 Å². The number of carbonyl (C=O) groups is 2. The molecule has 0 spiro atoms. The molecule has 0 atom stereocenters. The molecule has 2 aromatic carbocycles. The first-order chi connectivity index (χ1) is 13.1. The van der Waals surface area contributed by atoms with Gasteiger partial charge < -0.3 is 10.6 Å². The molecule has 0 aliphatic heterocycles. The summed E-state index contributed by atoms with van der Waals surface area (Å²) in [7, 11) is 0. The number of carbonyl (C=O) groups excluding carboxylic acids is 2. The second kappa shape index (κ2) is 8.27. The fraction of sp³-hybridized carbons (Fsp3) is 0.136. The van der Waals surface area contributed by atoms with Crippen LogP contribution in [-0.4, -0.2) is 16.7 Å². The molecule has 0 fully saturated rings. The molecule has 0 bridgehead atoms. The van der Waals surface area contributed by atoms with Crippen LogP contribution in [0.4, 0.5) is 17.1 Å². The average molecular weight is 359 g/mol. The fourth-order valence-electron chi connectivity index (χ4n) is 2.72. The van der Waals surface area contributed by atoms with Crippen molar-refractivity contribution in [1.82, 2.24) is 4.98 Å². The summed E-state index contributed by atoms with van der Waals surface area (Å²) < 4.78 is 0. The predicted octanol–water partition coefficient (Wildman–Crippen LogP) is 4.84. The lowest BCUT2D eigenvalue weighted by Gasteiger charge is -2.11. The molecule has 0 radical (unpaired) electrons. The summed E-state index contributed by atoms with van der Waals surface area (Å²) in [6, 6.07) is 18.4. The van der Waals surface area contributed by atoms with Crippen molar-refractivity contribution < 1.29 is 9.59 Å². The van der Waals surface area contributed by atoms with E-state index in [0.29, 0.717) is 11.3 Å². The first-order valence-electron chi connectivity index (χ1n) is 8.80. The van der Waals surface area contributed by atoms with Crippen LogP contribution in [0.1, 0.15) is 40.3 Å². The Morgan fingerprint density at radius 2 is 1.70 bits per heavy atom. The Balaban J connectivity index is 1.74. The number of aryl methyl sites for hydroxylation is 1. The van der Waals surface area contributed by atoms with Crippen molar-refractivity contribution in [2.75, 3.05) is 10.6 Å². The zero-order chi connectivity index (χ0) is 19.2. The Kier molecular flexibility index (Phi) is 5.61. The van der Waals surface area contributed by atoms with Crippen LogP contribution in [0.15, 0.2) is 66.9 Å². The van der Waals surface area contributed by atoms with Gasteiger partial charge in [0.15, 0.2) is 5.78 Å². The molecule has 0 saturated heterocycles. The Hall–Kier alpha value is -3.47. The van der Waals surface area contributed by atoms with Crippen molar-refractivity contribution in [3.8, 4) is 0 Å². The molecule has 5 nitrogen and oxygen atoms in total. The standard InChI is InChI=1S/C22H21N3O2/c1-3-16-6-4-5-7-20(16)25-22(27)21-14-19(12-13-23-21)24-18-10-8-17(9-11-18)15(2)26/h4-14H,3H2,1-2H3,(H,23,24)(H,25,27). The van der Waals surface area contributed by atoms with Crippen LogP contribution in [0.2, 0.25) is 0 Å². The maximum absolute atomic E-state index is 12.6. The molecule has 2 N–H and O–H groups in total. The SMILES string of the molecule is CCc1ccccc1NC(=O)c1cc(Nc2ccc(C(C)=O)cc2)ccn1. The van der Waals surface area contributed by atoms with Crippen LogP contribution in [0.3, 0.4) is 0 Å². The minimum atomic E-state index is -0.258. The summed E-state index contributed by atoms with van der Waals surface area (Å²) in [5, 5.41) is 6.14. The Labute approximate surface area is 158 Å². The minimum Gasteiger partial charge on any atom is -0.355 e. The van der Waals surface area contributed by atoms with Gasteiger partial charge in [0.25, 0.3) is 5.91 Å². The van der Waals surface area contributed by atoms with Crippen LogP contribution < -0.4 is 10.6 Å². The zero-order valence-corrected chi connectivity index (χ0v) is 15.3. The topological polar surface area (TPSA) is 71.1 Å². The number of nitrogens with one attached hydrogen (secondary N) is 2. The quantitative estimate of drug-likeness (QED) is 0.618. The van der Waals surface area contributed by atoms with E-state index in [1.165, 1.54) is 6.92 Å². The van der Waals surface area contributed by atoms with Crippen molar-refractivity contribution in [2.24, 2.45) is 0 Å². The van der Waals surface area contributed by atoms with E-state index in [-0.39, 0.29) is 11.7 Å². The monoisotopic (exact) mass is 359 g/mol. The normalized spacial score (nSPS) is 10.3. The third-order valence-electron chi connectivity index (χ3n) is 4.22. The molecule has 3 aromatic rings. The summed E-state index contributed by atoms with van der Waals surface area (Å²) >= 11 is 0. The van der Waals surface area contributed by atoms with Crippen molar-refractivity contribution in [2.45, 2.75) is 20.3 Å². The summed E-state index contributed by atoms with van der Waals surface area (Å²) in [5.74, 6) is -0.233. The minimum absolute atomic E-state index is 0.0248. The third-order valence-corrected chi connectivity index (χ3v) is 4.22. The van der Waals surface area contributed by atoms with E-state index in [9.17, 15) is 9.59 Å². The molecular weight excluding hydrogens is 338 g/mol. The average Bonchev–Trinajstić information content (AvgIpc) is 2.69. The highest BCUT2D eigenvalue weighted by molar-refractivity contribution is 6.03. The number of hydrogen-bond donors (Lipinski definition) is 2. The number of para-hydroxylation sites is 1. The van der Waals surface area contributed by atoms with Gasteiger partial charge in [0, 0.05) is 28.8 Å². The zero-order valence-electron chi connectivity index (χ0n) is 15.3. The van der Waals surface area contributed by atoms with Crippen molar-refractivity contribution in [3.05, 3.63) is 83.7 Å². The van der Waals surface area contributed by atoms with E-state index in [2.05, 4.69) is 15.6 Å². The number of nitrogens with zero attached hydrogens (tertiary/aromatic N) is 1. The first kappa shape index (κ1) is 18.3. The molecule has 0 saturated carbocycles. The van der Waals surface area contributed by atoms with E-state index in [1.54, 1.807) is 30.5 Å². The highest BCUT2D eigenvalue weighted by atomic mass is 16.2. The van der Waals surface area contributed by atoms with E-state index < -0.39 is 0 Å². The van der Waals surface area contributed by atoms with E-state index >= 15 is 0 Å². The van der Waals surface area contributed by atoms with Gasteiger partial charge in [0.05, 0.1) is 0 Å². The summed E-state index contributed by atoms with van der Waals surface area (Å²) in [5.41, 5.74) is 4.43. The number of rotatable bonds is 6. The van der Waals surface area contributed by atoms with Gasteiger partial charge in [-0.3, -0.25) is 14.6 Å². The number of aromatic nitrogens is 1. The fourth-order valence-corrected chi connectivity index (χ4v) is 2.72. The molecule has 0 aliphatic rings. The maximum Gasteiger partial charge on any atom is 0.274 e. The third kappa shape index (κ3) is 4.58. The smallest absolute Gasteiger partial charge is 0.274 e. The maximum atomic E-state index is 12.6. The molecule has 27 heavy (non-hydrogen) atoms. The Morgan fingerprint density at radius 3 is 2.41 bits per heavy atom. The second-order valence-electron chi connectivity index (χ2n) is 6.15. The van der Waals surface area contributed by atoms with E-state index in [4.69, 9.17) is 0 Å². The highest BCUT2D eigenvalue weighted by Gasteiger charge is 2.10. The van der Waals surface area contributed by atoms with Gasteiger partial charge in [-0.25, -0.2) is 0 Å². The van der Waals surface area contributed by atoms with Gasteiger partial charge in [0.1, 0.15) is 5.69 Å². The molecule has 1 amide bonds. The Bertz CT molecular complexity index is 965. The number of anilines is 3. The van der Waals surface area contributed by atoms with E-state index in [1.807, 2.05) is 43.3 Å². The van der Waals surface area contributed by atoms with Crippen molar-refractivity contribution in [3.63, 3.8) is 0 Å². The highest BCUT2D eigenvalue weighted by Crippen LogP contribution is 2.20. The predicted molar refractivity (Wildman–Crippen MR) is 108 cm³/mol. The first-order valence-corrected chi connectivity index (χ1v) is 8.80. The number of pyridine rings is 1. The molecule has 136 valence electrons. The van der Waals surface area contributed by atoms with Crippen LogP contribution in [0.25, 0.3) is 0 Å². The lowest BCUT2D eigenvalue weighted by atomic mass is 10.1. The molecule has 3 rings (SSSR count).